The summed E-state index contributed by atoms with van der Waals surface area (Å²) in [6.07, 6.45) is 6.42. The largest absolute Gasteiger partial charge is 0.356 e. The normalized spacial score (nSPS) is 17.5. The van der Waals surface area contributed by atoms with Gasteiger partial charge in [-0.25, -0.2) is 4.98 Å². The van der Waals surface area contributed by atoms with Crippen molar-refractivity contribution in [2.45, 2.75) is 52.5 Å². The van der Waals surface area contributed by atoms with Crippen molar-refractivity contribution in [3.8, 4) is 0 Å². The summed E-state index contributed by atoms with van der Waals surface area (Å²) in [5.41, 5.74) is 0. The Morgan fingerprint density at radius 2 is 2.17 bits per heavy atom. The number of guanidine groups is 1. The van der Waals surface area contributed by atoms with Crippen LogP contribution in [0.25, 0.3) is 0 Å². The van der Waals surface area contributed by atoms with Crippen LogP contribution in [-0.4, -0.2) is 55.1 Å². The molecule has 0 saturated carbocycles. The van der Waals surface area contributed by atoms with Crippen molar-refractivity contribution in [1.29, 1.82) is 0 Å². The third-order valence-electron chi connectivity index (χ3n) is 4.36. The van der Waals surface area contributed by atoms with Gasteiger partial charge in [0.15, 0.2) is 5.96 Å². The summed E-state index contributed by atoms with van der Waals surface area (Å²) in [5, 5.41) is 8.21. The topological polar surface area (TPSA) is 52.6 Å². The van der Waals surface area contributed by atoms with Gasteiger partial charge in [0.2, 0.25) is 0 Å². The first-order valence-corrected chi connectivity index (χ1v) is 10.1. The van der Waals surface area contributed by atoms with Crippen molar-refractivity contribution in [3.05, 3.63) is 16.1 Å². The van der Waals surface area contributed by atoms with Gasteiger partial charge >= 0.3 is 0 Å². The molecule has 0 aliphatic carbocycles. The van der Waals surface area contributed by atoms with Gasteiger partial charge in [0.05, 0.1) is 5.01 Å². The first-order valence-electron chi connectivity index (χ1n) is 9.23. The molecule has 0 spiro atoms. The lowest BCUT2D eigenvalue weighted by Crippen LogP contribution is -2.49. The minimum atomic E-state index is 0.533. The summed E-state index contributed by atoms with van der Waals surface area (Å²) in [6.45, 7) is 11.2. The van der Waals surface area contributed by atoms with Crippen LogP contribution in [0.4, 0.5) is 0 Å². The molecule has 2 rings (SSSR count). The molecule has 2 heterocycles. The molecule has 0 amide bonds. The van der Waals surface area contributed by atoms with E-state index in [1.807, 2.05) is 24.6 Å². The SMILES string of the molecule is CCc1cnc(CCNC(=NC)NC2CCN(CC(C)C)CC2)s1. The van der Waals surface area contributed by atoms with Gasteiger partial charge in [-0.1, -0.05) is 20.8 Å². The van der Waals surface area contributed by atoms with Crippen LogP contribution in [0, 0.1) is 5.92 Å². The zero-order valence-corrected chi connectivity index (χ0v) is 16.5. The predicted molar refractivity (Wildman–Crippen MR) is 104 cm³/mol. The number of likely N-dealkylation sites (tertiary alicyclic amines) is 1. The highest BCUT2D eigenvalue weighted by molar-refractivity contribution is 7.11. The van der Waals surface area contributed by atoms with E-state index in [9.17, 15) is 0 Å². The van der Waals surface area contributed by atoms with E-state index in [0.29, 0.717) is 6.04 Å². The number of thiazole rings is 1. The maximum atomic E-state index is 4.47. The Bertz CT molecular complexity index is 503. The van der Waals surface area contributed by atoms with Crippen molar-refractivity contribution < 1.29 is 0 Å². The average molecular weight is 352 g/mol. The lowest BCUT2D eigenvalue weighted by atomic mass is 10.0. The molecule has 5 nitrogen and oxygen atoms in total. The van der Waals surface area contributed by atoms with Gasteiger partial charge in [-0.3, -0.25) is 4.99 Å². The highest BCUT2D eigenvalue weighted by Gasteiger charge is 2.20. The van der Waals surface area contributed by atoms with E-state index in [1.54, 1.807) is 0 Å². The van der Waals surface area contributed by atoms with Crippen molar-refractivity contribution in [2.75, 3.05) is 33.2 Å². The Kier molecular flexibility index (Phi) is 7.99. The Labute approximate surface area is 151 Å². The third-order valence-corrected chi connectivity index (χ3v) is 5.56. The van der Waals surface area contributed by atoms with Crippen molar-refractivity contribution in [2.24, 2.45) is 10.9 Å². The van der Waals surface area contributed by atoms with Crippen molar-refractivity contribution in [3.63, 3.8) is 0 Å². The van der Waals surface area contributed by atoms with Crippen LogP contribution in [0.1, 0.15) is 43.5 Å². The number of hydrogen-bond acceptors (Lipinski definition) is 4. The van der Waals surface area contributed by atoms with E-state index in [2.05, 4.69) is 46.3 Å². The maximum Gasteiger partial charge on any atom is 0.191 e. The van der Waals surface area contributed by atoms with Crippen LogP contribution < -0.4 is 10.6 Å². The Balaban J connectivity index is 1.67. The van der Waals surface area contributed by atoms with Gasteiger partial charge in [0.25, 0.3) is 0 Å². The summed E-state index contributed by atoms with van der Waals surface area (Å²) in [6, 6.07) is 0.533. The number of rotatable bonds is 7. The zero-order chi connectivity index (χ0) is 17.4. The minimum absolute atomic E-state index is 0.533. The second-order valence-electron chi connectivity index (χ2n) is 6.94. The molecule has 0 radical (unpaired) electrons. The van der Waals surface area contributed by atoms with E-state index in [1.165, 1.54) is 42.4 Å². The fraction of sp³-hybridized carbons (Fsp3) is 0.778. The highest BCUT2D eigenvalue weighted by Crippen LogP contribution is 2.14. The molecule has 2 N–H and O–H groups in total. The van der Waals surface area contributed by atoms with Crippen molar-refractivity contribution in [1.82, 2.24) is 20.5 Å². The number of piperidine rings is 1. The summed E-state index contributed by atoms with van der Waals surface area (Å²) in [4.78, 5) is 12.8. The minimum Gasteiger partial charge on any atom is -0.356 e. The fourth-order valence-electron chi connectivity index (χ4n) is 3.08. The quantitative estimate of drug-likeness (QED) is 0.585. The summed E-state index contributed by atoms with van der Waals surface area (Å²) in [7, 11) is 1.85. The van der Waals surface area contributed by atoms with Gasteiger partial charge in [0.1, 0.15) is 0 Å². The molecule has 1 aromatic rings. The zero-order valence-electron chi connectivity index (χ0n) is 15.6. The molecule has 6 heteroatoms. The van der Waals surface area contributed by atoms with Crippen molar-refractivity contribution >= 4 is 17.3 Å². The summed E-state index contributed by atoms with van der Waals surface area (Å²) < 4.78 is 0. The molecule has 0 aromatic carbocycles. The van der Waals surface area contributed by atoms with Crippen LogP contribution in [0.2, 0.25) is 0 Å². The molecular formula is C18H33N5S. The third kappa shape index (κ3) is 6.40. The van der Waals surface area contributed by atoms with Gasteiger partial charge < -0.3 is 15.5 Å². The van der Waals surface area contributed by atoms with E-state index in [-0.39, 0.29) is 0 Å². The molecule has 1 aromatic heterocycles. The second kappa shape index (κ2) is 9.99. The Morgan fingerprint density at radius 3 is 2.75 bits per heavy atom. The summed E-state index contributed by atoms with van der Waals surface area (Å²) >= 11 is 1.82. The predicted octanol–water partition coefficient (Wildman–Crippen LogP) is 2.53. The van der Waals surface area contributed by atoms with E-state index < -0.39 is 0 Å². The van der Waals surface area contributed by atoms with Gasteiger partial charge in [0, 0.05) is 56.8 Å². The number of nitrogens with zero attached hydrogens (tertiary/aromatic N) is 3. The first kappa shape index (κ1) is 19.2. The highest BCUT2D eigenvalue weighted by atomic mass is 32.1. The molecule has 0 unspecified atom stereocenters. The number of hydrogen-bond donors (Lipinski definition) is 2. The van der Waals surface area contributed by atoms with Gasteiger partial charge in [-0.05, 0) is 25.2 Å². The van der Waals surface area contributed by atoms with Gasteiger partial charge in [-0.2, -0.15) is 0 Å². The van der Waals surface area contributed by atoms with Crippen LogP contribution in [0.5, 0.6) is 0 Å². The Hall–Kier alpha value is -1.14. The molecule has 0 atom stereocenters. The monoisotopic (exact) mass is 351 g/mol. The molecule has 1 aliphatic rings. The van der Waals surface area contributed by atoms with E-state index in [4.69, 9.17) is 0 Å². The first-order chi connectivity index (χ1) is 11.6. The fourth-order valence-corrected chi connectivity index (χ4v) is 3.94. The summed E-state index contributed by atoms with van der Waals surface area (Å²) in [5.74, 6) is 1.67. The smallest absolute Gasteiger partial charge is 0.191 e. The van der Waals surface area contributed by atoms with Gasteiger partial charge in [-0.15, -0.1) is 11.3 Å². The van der Waals surface area contributed by atoms with Crippen LogP contribution in [0.3, 0.4) is 0 Å². The van der Waals surface area contributed by atoms with Crippen LogP contribution >= 0.6 is 11.3 Å². The molecule has 0 bridgehead atoms. The average Bonchev–Trinajstić information content (AvgIpc) is 3.03. The van der Waals surface area contributed by atoms with E-state index in [0.717, 1.165) is 31.3 Å². The number of nitrogens with one attached hydrogen (secondary N) is 2. The molecule has 1 aliphatic heterocycles. The standard InChI is InChI=1S/C18H33N5S/c1-5-16-12-21-17(24-16)6-9-20-18(19-4)22-15-7-10-23(11-8-15)13-14(2)3/h12,14-15H,5-11,13H2,1-4H3,(H2,19,20,22). The number of aliphatic imine (C=N–C) groups is 1. The molecule has 1 fully saturated rings. The number of aromatic nitrogens is 1. The molecule has 24 heavy (non-hydrogen) atoms. The molecular weight excluding hydrogens is 318 g/mol. The Morgan fingerprint density at radius 1 is 1.42 bits per heavy atom. The van der Waals surface area contributed by atoms with E-state index >= 15 is 0 Å². The van der Waals surface area contributed by atoms with Crippen LogP contribution in [0.15, 0.2) is 11.2 Å². The molecule has 136 valence electrons. The lowest BCUT2D eigenvalue weighted by Gasteiger charge is -2.33. The number of aryl methyl sites for hydroxylation is 1. The lowest BCUT2D eigenvalue weighted by molar-refractivity contribution is 0.187. The molecule has 1 saturated heterocycles. The van der Waals surface area contributed by atoms with Crippen LogP contribution in [-0.2, 0) is 12.8 Å². The second-order valence-corrected chi connectivity index (χ2v) is 8.14. The maximum absolute atomic E-state index is 4.47.